The van der Waals surface area contributed by atoms with Crippen LogP contribution < -0.4 is 10.6 Å². The fourth-order valence-electron chi connectivity index (χ4n) is 5.87. The Balaban J connectivity index is 1.33. The van der Waals surface area contributed by atoms with Crippen LogP contribution in [0.4, 0.5) is 5.69 Å². The number of anilines is 1. The van der Waals surface area contributed by atoms with Gasteiger partial charge in [-0.2, -0.15) is 0 Å². The number of benzene rings is 3. The van der Waals surface area contributed by atoms with Crippen LogP contribution in [0.15, 0.2) is 71.5 Å². The minimum absolute atomic E-state index is 0.159. The molecule has 3 aliphatic rings. The van der Waals surface area contributed by atoms with Gasteiger partial charge in [0.25, 0.3) is 0 Å². The zero-order valence-corrected chi connectivity index (χ0v) is 20.2. The summed E-state index contributed by atoms with van der Waals surface area (Å²) < 4.78 is 8.92. The number of carboxylic acids is 1. The molecule has 36 heavy (non-hydrogen) atoms. The van der Waals surface area contributed by atoms with E-state index in [0.717, 1.165) is 67.1 Å². The lowest BCUT2D eigenvalue weighted by Gasteiger charge is -2.56. The van der Waals surface area contributed by atoms with Crippen molar-refractivity contribution in [1.82, 2.24) is 9.13 Å². The highest BCUT2D eigenvalue weighted by molar-refractivity contribution is 6.31. The third-order valence-corrected chi connectivity index (χ3v) is 8.18. The average molecular weight is 502 g/mol. The molecule has 1 aliphatic carbocycles. The fourth-order valence-corrected chi connectivity index (χ4v) is 6.03. The number of aromatic carboxylic acids is 1. The molecule has 3 heterocycles. The molecule has 7 rings (SSSR count). The second-order valence-corrected chi connectivity index (χ2v) is 10.8. The van der Waals surface area contributed by atoms with Gasteiger partial charge in [0.2, 0.25) is 0 Å². The first-order valence-electron chi connectivity index (χ1n) is 12.1. The highest BCUT2D eigenvalue weighted by Gasteiger charge is 2.50. The van der Waals surface area contributed by atoms with Crippen LogP contribution in [0, 0.1) is 5.41 Å². The Morgan fingerprint density at radius 1 is 0.917 bits per heavy atom. The molecule has 1 spiro atoms. The van der Waals surface area contributed by atoms with Gasteiger partial charge in [0.05, 0.1) is 46.5 Å². The molecule has 8 heteroatoms. The molecule has 0 atom stereocenters. The summed E-state index contributed by atoms with van der Waals surface area (Å²) in [6, 6.07) is 20.5. The van der Waals surface area contributed by atoms with E-state index in [0.29, 0.717) is 10.4 Å². The van der Waals surface area contributed by atoms with E-state index in [9.17, 15) is 14.7 Å². The Labute approximate surface area is 212 Å². The number of aromatic nitrogens is 2. The van der Waals surface area contributed by atoms with Crippen molar-refractivity contribution in [2.75, 3.05) is 31.2 Å². The number of hydrogen-bond acceptors (Lipinski definition) is 4. The first kappa shape index (κ1) is 21.7. The second kappa shape index (κ2) is 7.48. The topological polar surface area (TPSA) is 76.7 Å². The Bertz CT molecular complexity index is 1590. The van der Waals surface area contributed by atoms with Crippen LogP contribution in [-0.4, -0.2) is 46.5 Å². The number of hydrogen-bond donors (Lipinski definition) is 1. The Morgan fingerprint density at radius 2 is 1.64 bits per heavy atom. The molecule has 0 radical (unpaired) electrons. The fraction of sp³-hybridized carbons (Fsp3) is 0.286. The van der Waals surface area contributed by atoms with E-state index in [1.165, 1.54) is 0 Å². The van der Waals surface area contributed by atoms with Crippen molar-refractivity contribution in [2.24, 2.45) is 5.41 Å². The molecule has 182 valence electrons. The molecule has 0 amide bonds. The van der Waals surface area contributed by atoms with Gasteiger partial charge in [0, 0.05) is 23.8 Å². The number of ether oxygens (including phenoxy) is 1. The smallest absolute Gasteiger partial charge is 0.335 e. The predicted molar refractivity (Wildman–Crippen MR) is 138 cm³/mol. The molecule has 4 aromatic rings. The molecule has 3 fully saturated rings. The summed E-state index contributed by atoms with van der Waals surface area (Å²) in [4.78, 5) is 28.0. The molecule has 2 saturated heterocycles. The van der Waals surface area contributed by atoms with Crippen LogP contribution in [-0.2, 0) is 10.3 Å². The van der Waals surface area contributed by atoms with Crippen molar-refractivity contribution in [3.63, 3.8) is 0 Å². The highest BCUT2D eigenvalue weighted by Crippen LogP contribution is 2.50. The van der Waals surface area contributed by atoms with Crippen LogP contribution in [0.1, 0.15) is 28.8 Å². The number of halogens is 1. The summed E-state index contributed by atoms with van der Waals surface area (Å²) in [7, 11) is 0. The first-order chi connectivity index (χ1) is 17.4. The van der Waals surface area contributed by atoms with Crippen LogP contribution >= 0.6 is 11.6 Å². The molecule has 1 aromatic heterocycles. The van der Waals surface area contributed by atoms with Crippen LogP contribution in [0.2, 0.25) is 5.02 Å². The molecule has 1 saturated carbocycles. The van der Waals surface area contributed by atoms with Gasteiger partial charge in [-0.3, -0.25) is 9.13 Å². The maximum absolute atomic E-state index is 14.0. The quantitative estimate of drug-likeness (QED) is 0.435. The number of carbonyl (C=O) groups is 1. The monoisotopic (exact) mass is 501 g/mol. The third-order valence-electron chi connectivity index (χ3n) is 7.94. The van der Waals surface area contributed by atoms with E-state index in [1.54, 1.807) is 28.8 Å². The van der Waals surface area contributed by atoms with E-state index in [1.807, 2.05) is 34.9 Å². The second-order valence-electron chi connectivity index (χ2n) is 10.4. The van der Waals surface area contributed by atoms with Crippen molar-refractivity contribution in [2.45, 2.75) is 18.4 Å². The lowest BCUT2D eigenvalue weighted by Crippen LogP contribution is -2.66. The van der Waals surface area contributed by atoms with Crippen molar-refractivity contribution >= 4 is 34.3 Å². The lowest BCUT2D eigenvalue weighted by molar-refractivity contribution is -0.127. The van der Waals surface area contributed by atoms with Gasteiger partial charge in [0.15, 0.2) is 0 Å². The van der Waals surface area contributed by atoms with Crippen molar-refractivity contribution < 1.29 is 14.6 Å². The van der Waals surface area contributed by atoms with Gasteiger partial charge in [-0.1, -0.05) is 23.7 Å². The number of fused-ring (bicyclic) bond motifs is 1. The zero-order chi connectivity index (χ0) is 24.7. The summed E-state index contributed by atoms with van der Waals surface area (Å²) in [6.45, 7) is 3.68. The van der Waals surface area contributed by atoms with Crippen LogP contribution in [0.3, 0.4) is 0 Å². The SMILES string of the molecule is O=C(O)c1cccc(C2(n3c(=O)n(-c4ccc(N5CC6(COC6)C5)cc4)c4cc(Cl)ccc43)CC2)c1. The molecule has 7 nitrogen and oxygen atoms in total. The van der Waals surface area contributed by atoms with Crippen molar-refractivity contribution in [3.8, 4) is 5.69 Å². The van der Waals surface area contributed by atoms with Crippen LogP contribution in [0.25, 0.3) is 16.7 Å². The average Bonchev–Trinajstić information content (AvgIpc) is 3.56. The van der Waals surface area contributed by atoms with Gasteiger partial charge < -0.3 is 14.7 Å². The minimum Gasteiger partial charge on any atom is -0.478 e. The summed E-state index contributed by atoms with van der Waals surface area (Å²) in [5.74, 6) is -0.979. The molecule has 2 aliphatic heterocycles. The Hall–Kier alpha value is -3.55. The molecular formula is C28H24ClN3O4. The normalized spacial score (nSPS) is 19.2. The molecule has 1 N–H and O–H groups in total. The van der Waals surface area contributed by atoms with Gasteiger partial charge >= 0.3 is 11.7 Å². The number of nitrogens with zero attached hydrogens (tertiary/aromatic N) is 3. The van der Waals surface area contributed by atoms with Gasteiger partial charge in [-0.05, 0) is 73.0 Å². The summed E-state index contributed by atoms with van der Waals surface area (Å²) in [6.07, 6.45) is 1.52. The zero-order valence-electron chi connectivity index (χ0n) is 19.5. The van der Waals surface area contributed by atoms with Gasteiger partial charge in [-0.25, -0.2) is 9.59 Å². The molecular weight excluding hydrogens is 478 g/mol. The summed E-state index contributed by atoms with van der Waals surface area (Å²) in [5, 5.41) is 10.1. The van der Waals surface area contributed by atoms with Gasteiger partial charge in [0.1, 0.15) is 0 Å². The third kappa shape index (κ3) is 3.09. The lowest BCUT2D eigenvalue weighted by atomic mass is 9.78. The van der Waals surface area contributed by atoms with E-state index >= 15 is 0 Å². The largest absolute Gasteiger partial charge is 0.478 e. The van der Waals surface area contributed by atoms with Crippen molar-refractivity contribution in [3.05, 3.63) is 93.4 Å². The van der Waals surface area contributed by atoms with E-state index in [-0.39, 0.29) is 11.3 Å². The number of imidazole rings is 1. The maximum Gasteiger partial charge on any atom is 0.335 e. The van der Waals surface area contributed by atoms with Gasteiger partial charge in [-0.15, -0.1) is 0 Å². The summed E-state index contributed by atoms with van der Waals surface area (Å²) >= 11 is 6.37. The predicted octanol–water partition coefficient (Wildman–Crippen LogP) is 4.52. The molecule has 0 bridgehead atoms. The van der Waals surface area contributed by atoms with E-state index in [2.05, 4.69) is 17.0 Å². The minimum atomic E-state index is -0.979. The number of carboxylic acid groups (broad SMARTS) is 1. The Kier molecular flexibility index (Phi) is 4.51. The Morgan fingerprint density at radius 3 is 2.28 bits per heavy atom. The standard InChI is InChI=1S/C28H24ClN3O4/c29-20-4-9-23-24(13-20)31(22-7-5-21(6-8-22)30-14-27(15-30)16-36-17-27)26(35)32(23)28(10-11-28)19-3-1-2-18(12-19)25(33)34/h1-9,12-13H,10-11,14-17H2,(H,33,34). The van der Waals surface area contributed by atoms with E-state index < -0.39 is 11.5 Å². The van der Waals surface area contributed by atoms with Crippen molar-refractivity contribution in [1.29, 1.82) is 0 Å². The molecule has 3 aromatic carbocycles. The first-order valence-corrected chi connectivity index (χ1v) is 12.5. The van der Waals surface area contributed by atoms with E-state index in [4.69, 9.17) is 16.3 Å². The number of rotatable bonds is 5. The molecule has 0 unspecified atom stereocenters. The highest BCUT2D eigenvalue weighted by atomic mass is 35.5. The maximum atomic E-state index is 14.0. The summed E-state index contributed by atoms with van der Waals surface area (Å²) in [5.41, 5.74) is 4.07. The van der Waals surface area contributed by atoms with Crippen LogP contribution in [0.5, 0.6) is 0 Å².